The van der Waals surface area contributed by atoms with Gasteiger partial charge in [0.05, 0.1) is 17.1 Å². The van der Waals surface area contributed by atoms with Crippen molar-refractivity contribution < 1.29 is 9.59 Å². The van der Waals surface area contributed by atoms with Crippen molar-refractivity contribution in [3.63, 3.8) is 0 Å². The summed E-state index contributed by atoms with van der Waals surface area (Å²) in [6.07, 6.45) is 3.17. The van der Waals surface area contributed by atoms with Gasteiger partial charge < -0.3 is 10.2 Å². The number of aromatic nitrogens is 3. The summed E-state index contributed by atoms with van der Waals surface area (Å²) in [6, 6.07) is 15.8. The third-order valence-electron chi connectivity index (χ3n) is 5.91. The van der Waals surface area contributed by atoms with Crippen LogP contribution in [0, 0.1) is 0 Å². The number of carbonyl (C=O) groups excluding carboxylic acids is 2. The van der Waals surface area contributed by atoms with E-state index in [0.717, 1.165) is 23.5 Å². The van der Waals surface area contributed by atoms with Crippen molar-refractivity contribution in [3.8, 4) is 11.4 Å². The summed E-state index contributed by atoms with van der Waals surface area (Å²) in [5.74, 6) is 0.826. The van der Waals surface area contributed by atoms with Gasteiger partial charge in [-0.05, 0) is 29.5 Å². The maximum absolute atomic E-state index is 12.8. The molecule has 1 saturated heterocycles. The van der Waals surface area contributed by atoms with Crippen molar-refractivity contribution in [3.05, 3.63) is 66.7 Å². The van der Waals surface area contributed by atoms with E-state index in [2.05, 4.69) is 67.1 Å². The molecule has 2 heterocycles. The predicted molar refractivity (Wildman–Crippen MR) is 142 cm³/mol. The molecule has 4 rings (SSSR count). The zero-order chi connectivity index (χ0) is 25.0. The highest BCUT2D eigenvalue weighted by Crippen LogP contribution is 2.30. The highest BCUT2D eigenvalue weighted by molar-refractivity contribution is 7.99. The monoisotopic (exact) mass is 489 g/mol. The molecule has 0 radical (unpaired) electrons. The van der Waals surface area contributed by atoms with E-state index in [1.807, 2.05) is 28.8 Å². The Morgan fingerprint density at radius 2 is 1.89 bits per heavy atom. The lowest BCUT2D eigenvalue weighted by molar-refractivity contribution is -0.117. The molecule has 1 aliphatic rings. The summed E-state index contributed by atoms with van der Waals surface area (Å²) < 4.78 is 1.97. The molecule has 0 spiro atoms. The van der Waals surface area contributed by atoms with Gasteiger partial charge in [0.2, 0.25) is 11.8 Å². The normalized spacial score (nSPS) is 13.8. The molecule has 1 aliphatic heterocycles. The Kier molecular flexibility index (Phi) is 7.40. The molecule has 1 N–H and O–H groups in total. The van der Waals surface area contributed by atoms with Gasteiger partial charge in [-0.2, -0.15) is 0 Å². The molecule has 0 aliphatic carbocycles. The van der Waals surface area contributed by atoms with Crippen LogP contribution in [0.5, 0.6) is 0 Å². The maximum atomic E-state index is 12.8. The fourth-order valence-electron chi connectivity index (χ4n) is 4.06. The second kappa shape index (κ2) is 10.5. The smallest absolute Gasteiger partial charge is 0.234 e. The number of amides is 2. The van der Waals surface area contributed by atoms with E-state index >= 15 is 0 Å². The Balaban J connectivity index is 1.47. The van der Waals surface area contributed by atoms with Gasteiger partial charge in [0.1, 0.15) is 0 Å². The quantitative estimate of drug-likeness (QED) is 0.344. The summed E-state index contributed by atoms with van der Waals surface area (Å²) in [5.41, 5.74) is 3.67. The molecule has 0 bridgehead atoms. The first-order chi connectivity index (χ1) is 16.8. The number of hydrogen-bond donors (Lipinski definition) is 1. The summed E-state index contributed by atoms with van der Waals surface area (Å²) in [5, 5.41) is 12.4. The summed E-state index contributed by atoms with van der Waals surface area (Å²) in [4.78, 5) is 26.7. The number of benzene rings is 2. The summed E-state index contributed by atoms with van der Waals surface area (Å²) >= 11 is 1.32. The Hall–Kier alpha value is -3.39. The molecular formula is C27H31N5O2S. The van der Waals surface area contributed by atoms with E-state index in [4.69, 9.17) is 0 Å². The Morgan fingerprint density at radius 1 is 1.14 bits per heavy atom. The first-order valence-electron chi connectivity index (χ1n) is 11.7. The number of para-hydroxylation sites is 2. The predicted octanol–water partition coefficient (Wildman–Crippen LogP) is 5.29. The molecule has 2 aromatic carbocycles. The Morgan fingerprint density at radius 3 is 2.54 bits per heavy atom. The fourth-order valence-corrected chi connectivity index (χ4v) is 4.80. The molecule has 8 heteroatoms. The standard InChI is InChI=1S/C27H31N5O2S/c1-5-16-32-25(19-12-14-20(15-13-19)27(2,3)4)29-30-26(32)35-18-23(33)28-21-9-6-7-10-22(21)31-17-8-11-24(31)34/h5-7,9-10,12-15H,1,8,11,16-18H2,2-4H3,(H,28,33). The minimum absolute atomic E-state index is 0.0718. The van der Waals surface area contributed by atoms with Crippen LogP contribution in [0.25, 0.3) is 11.4 Å². The van der Waals surface area contributed by atoms with Crippen LogP contribution in [0.15, 0.2) is 66.3 Å². The fraction of sp³-hybridized carbons (Fsp3) is 0.333. The van der Waals surface area contributed by atoms with E-state index in [1.54, 1.807) is 11.0 Å². The number of rotatable bonds is 8. The largest absolute Gasteiger partial charge is 0.324 e. The van der Waals surface area contributed by atoms with Gasteiger partial charge in [-0.1, -0.05) is 75.0 Å². The molecule has 2 amide bonds. The molecular weight excluding hydrogens is 458 g/mol. The molecule has 0 atom stereocenters. The lowest BCUT2D eigenvalue weighted by Gasteiger charge is -2.20. The number of hydrogen-bond acceptors (Lipinski definition) is 5. The van der Waals surface area contributed by atoms with Crippen LogP contribution < -0.4 is 10.2 Å². The van der Waals surface area contributed by atoms with Crippen molar-refractivity contribution in [1.29, 1.82) is 0 Å². The lowest BCUT2D eigenvalue weighted by Crippen LogP contribution is -2.26. The van der Waals surface area contributed by atoms with E-state index in [9.17, 15) is 9.59 Å². The van der Waals surface area contributed by atoms with Crippen molar-refractivity contribution in [1.82, 2.24) is 14.8 Å². The molecule has 1 fully saturated rings. The van der Waals surface area contributed by atoms with Gasteiger partial charge in [0.15, 0.2) is 11.0 Å². The van der Waals surface area contributed by atoms with E-state index in [0.29, 0.717) is 30.4 Å². The highest BCUT2D eigenvalue weighted by Gasteiger charge is 2.24. The average molecular weight is 490 g/mol. The Labute approximate surface area is 210 Å². The molecule has 1 aromatic heterocycles. The van der Waals surface area contributed by atoms with Crippen LogP contribution in [-0.2, 0) is 21.5 Å². The molecule has 3 aromatic rings. The van der Waals surface area contributed by atoms with Crippen molar-refractivity contribution in [2.45, 2.75) is 50.7 Å². The molecule has 35 heavy (non-hydrogen) atoms. The van der Waals surface area contributed by atoms with Crippen molar-refractivity contribution in [2.24, 2.45) is 0 Å². The van der Waals surface area contributed by atoms with E-state index in [-0.39, 0.29) is 23.0 Å². The lowest BCUT2D eigenvalue weighted by atomic mass is 9.87. The maximum Gasteiger partial charge on any atom is 0.234 e. The van der Waals surface area contributed by atoms with Gasteiger partial charge >= 0.3 is 0 Å². The van der Waals surface area contributed by atoms with Gasteiger partial charge in [-0.25, -0.2) is 0 Å². The minimum atomic E-state index is -0.168. The van der Waals surface area contributed by atoms with Crippen molar-refractivity contribution >= 4 is 35.0 Å². The minimum Gasteiger partial charge on any atom is -0.324 e. The number of nitrogens with zero attached hydrogens (tertiary/aromatic N) is 4. The number of allylic oxidation sites excluding steroid dienone is 1. The third kappa shape index (κ3) is 5.65. The first kappa shape index (κ1) is 24.7. The topological polar surface area (TPSA) is 80.1 Å². The first-order valence-corrected chi connectivity index (χ1v) is 12.7. The zero-order valence-corrected chi connectivity index (χ0v) is 21.3. The second-order valence-corrected chi connectivity index (χ2v) is 10.5. The number of anilines is 2. The van der Waals surface area contributed by atoms with Gasteiger partial charge in [-0.3, -0.25) is 14.2 Å². The van der Waals surface area contributed by atoms with Crippen LogP contribution >= 0.6 is 11.8 Å². The van der Waals surface area contributed by atoms with Gasteiger partial charge in [-0.15, -0.1) is 16.8 Å². The average Bonchev–Trinajstić information content (AvgIpc) is 3.44. The third-order valence-corrected chi connectivity index (χ3v) is 6.88. The van der Waals surface area contributed by atoms with Crippen LogP contribution in [0.4, 0.5) is 11.4 Å². The molecule has 0 saturated carbocycles. The molecule has 182 valence electrons. The number of nitrogens with one attached hydrogen (secondary N) is 1. The number of carbonyl (C=O) groups is 2. The van der Waals surface area contributed by atoms with E-state index < -0.39 is 0 Å². The van der Waals surface area contributed by atoms with Crippen molar-refractivity contribution in [2.75, 3.05) is 22.5 Å². The SMILES string of the molecule is C=CCn1c(SCC(=O)Nc2ccccc2N2CCCC2=O)nnc1-c1ccc(C(C)(C)C)cc1. The molecule has 0 unspecified atom stereocenters. The van der Waals surface area contributed by atoms with Gasteiger partial charge in [0.25, 0.3) is 0 Å². The van der Waals surface area contributed by atoms with Crippen LogP contribution in [0.3, 0.4) is 0 Å². The summed E-state index contributed by atoms with van der Waals surface area (Å²) in [7, 11) is 0. The molecule has 7 nitrogen and oxygen atoms in total. The summed E-state index contributed by atoms with van der Waals surface area (Å²) in [6.45, 7) is 11.6. The van der Waals surface area contributed by atoms with Crippen LogP contribution in [0.1, 0.15) is 39.2 Å². The van der Waals surface area contributed by atoms with Crippen LogP contribution in [0.2, 0.25) is 0 Å². The van der Waals surface area contributed by atoms with Gasteiger partial charge in [0, 0.05) is 25.1 Å². The highest BCUT2D eigenvalue weighted by atomic mass is 32.2. The second-order valence-electron chi connectivity index (χ2n) is 9.54. The van der Waals surface area contributed by atoms with E-state index in [1.165, 1.54) is 17.3 Å². The Bertz CT molecular complexity index is 1230. The number of thioether (sulfide) groups is 1. The van der Waals surface area contributed by atoms with Crippen LogP contribution in [-0.4, -0.2) is 38.9 Å². The zero-order valence-electron chi connectivity index (χ0n) is 20.5.